The molecule has 2 aromatic rings. The smallest absolute Gasteiger partial charge is 0.134 e. The number of anilines is 2. The molecule has 1 aromatic heterocycles. The van der Waals surface area contributed by atoms with Gasteiger partial charge in [-0.15, -0.1) is 0 Å². The molecule has 0 radical (unpaired) electrons. The quantitative estimate of drug-likeness (QED) is 0.854. The minimum absolute atomic E-state index is 0.550. The third-order valence-electron chi connectivity index (χ3n) is 3.41. The van der Waals surface area contributed by atoms with Crippen LogP contribution in [-0.2, 0) is 12.8 Å². The zero-order chi connectivity index (χ0) is 15.2. The molecule has 5 nitrogen and oxygen atoms in total. The summed E-state index contributed by atoms with van der Waals surface area (Å²) in [6.07, 6.45) is 1.69. The predicted molar refractivity (Wildman–Crippen MR) is 85.7 cm³/mol. The average Bonchev–Trinajstić information content (AvgIpc) is 2.51. The summed E-state index contributed by atoms with van der Waals surface area (Å²) < 4.78 is 5.15. The summed E-state index contributed by atoms with van der Waals surface area (Å²) in [5, 5.41) is 3.34. The lowest BCUT2D eigenvalue weighted by Gasteiger charge is -2.11. The summed E-state index contributed by atoms with van der Waals surface area (Å²) in [5.41, 5.74) is 8.06. The Balaban J connectivity index is 1.98. The Hall–Kier alpha value is -2.30. The van der Waals surface area contributed by atoms with Crippen LogP contribution in [0.2, 0.25) is 0 Å². The van der Waals surface area contributed by atoms with Crippen molar-refractivity contribution in [2.45, 2.75) is 26.7 Å². The van der Waals surface area contributed by atoms with Gasteiger partial charge in [0.15, 0.2) is 0 Å². The van der Waals surface area contributed by atoms with Crippen LogP contribution in [0.3, 0.4) is 0 Å². The van der Waals surface area contributed by atoms with Crippen molar-refractivity contribution >= 4 is 11.6 Å². The monoisotopic (exact) mass is 286 g/mol. The number of methoxy groups -OCH3 is 1. The molecular weight excluding hydrogens is 264 g/mol. The zero-order valence-electron chi connectivity index (χ0n) is 12.8. The Morgan fingerprint density at radius 2 is 1.90 bits per heavy atom. The second kappa shape index (κ2) is 6.92. The minimum atomic E-state index is 0.550. The number of nitrogens with two attached hydrogens (primary N) is 1. The van der Waals surface area contributed by atoms with Crippen molar-refractivity contribution in [2.24, 2.45) is 0 Å². The number of hydrogen-bond donors (Lipinski definition) is 2. The van der Waals surface area contributed by atoms with Crippen LogP contribution >= 0.6 is 0 Å². The number of nitrogens with one attached hydrogen (secondary N) is 1. The third-order valence-corrected chi connectivity index (χ3v) is 3.41. The summed E-state index contributed by atoms with van der Waals surface area (Å²) >= 11 is 0. The summed E-state index contributed by atoms with van der Waals surface area (Å²) in [6.45, 7) is 4.75. The van der Waals surface area contributed by atoms with Gasteiger partial charge in [0.25, 0.3) is 0 Å². The van der Waals surface area contributed by atoms with Gasteiger partial charge in [0.05, 0.1) is 7.11 Å². The summed E-state index contributed by atoms with van der Waals surface area (Å²) in [5.74, 6) is 3.02. The zero-order valence-corrected chi connectivity index (χ0v) is 12.8. The fraction of sp³-hybridized carbons (Fsp3) is 0.375. The molecule has 0 aliphatic heterocycles. The first kappa shape index (κ1) is 15.1. The molecule has 0 spiro atoms. The fourth-order valence-electron chi connectivity index (χ4n) is 2.03. The van der Waals surface area contributed by atoms with Crippen molar-refractivity contribution in [3.63, 3.8) is 0 Å². The lowest BCUT2D eigenvalue weighted by atomic mass is 10.1. The van der Waals surface area contributed by atoms with Gasteiger partial charge in [0.2, 0.25) is 0 Å². The maximum Gasteiger partial charge on any atom is 0.134 e. The molecule has 2 rings (SSSR count). The first-order valence-corrected chi connectivity index (χ1v) is 7.13. The van der Waals surface area contributed by atoms with Gasteiger partial charge in [-0.05, 0) is 31.0 Å². The van der Waals surface area contributed by atoms with E-state index in [-0.39, 0.29) is 0 Å². The molecule has 5 heteroatoms. The van der Waals surface area contributed by atoms with Crippen molar-refractivity contribution < 1.29 is 4.74 Å². The normalized spacial score (nSPS) is 10.4. The Labute approximate surface area is 125 Å². The Kier molecular flexibility index (Phi) is 4.98. The van der Waals surface area contributed by atoms with E-state index in [0.29, 0.717) is 5.82 Å². The Bertz CT molecular complexity index is 596. The molecular formula is C16H22N4O. The van der Waals surface area contributed by atoms with E-state index in [9.17, 15) is 0 Å². The summed E-state index contributed by atoms with van der Waals surface area (Å²) in [6, 6.07) is 8.08. The first-order chi connectivity index (χ1) is 10.1. The lowest BCUT2D eigenvalue weighted by Crippen LogP contribution is -2.11. The van der Waals surface area contributed by atoms with E-state index in [4.69, 9.17) is 10.5 Å². The molecule has 0 fully saturated rings. The number of rotatable bonds is 6. The molecule has 0 atom stereocenters. The van der Waals surface area contributed by atoms with E-state index in [0.717, 1.165) is 42.3 Å². The second-order valence-corrected chi connectivity index (χ2v) is 4.88. The molecule has 0 saturated heterocycles. The average molecular weight is 286 g/mol. The molecule has 0 unspecified atom stereocenters. The highest BCUT2D eigenvalue weighted by Crippen LogP contribution is 2.18. The van der Waals surface area contributed by atoms with E-state index in [1.165, 1.54) is 5.56 Å². The van der Waals surface area contributed by atoms with Crippen LogP contribution in [0, 0.1) is 6.92 Å². The van der Waals surface area contributed by atoms with Gasteiger partial charge < -0.3 is 15.8 Å². The molecule has 1 heterocycles. The molecule has 1 aromatic carbocycles. The molecule has 0 amide bonds. The van der Waals surface area contributed by atoms with Crippen LogP contribution in [0.15, 0.2) is 24.3 Å². The van der Waals surface area contributed by atoms with E-state index in [2.05, 4.69) is 27.4 Å². The molecule has 112 valence electrons. The van der Waals surface area contributed by atoms with Gasteiger partial charge in [-0.1, -0.05) is 19.1 Å². The summed E-state index contributed by atoms with van der Waals surface area (Å²) in [4.78, 5) is 8.74. The van der Waals surface area contributed by atoms with E-state index < -0.39 is 0 Å². The molecule has 0 aliphatic rings. The highest BCUT2D eigenvalue weighted by atomic mass is 16.5. The van der Waals surface area contributed by atoms with Gasteiger partial charge in [0.1, 0.15) is 23.2 Å². The highest BCUT2D eigenvalue weighted by molar-refractivity contribution is 5.54. The maximum atomic E-state index is 5.91. The first-order valence-electron chi connectivity index (χ1n) is 7.13. The Morgan fingerprint density at radius 1 is 1.19 bits per heavy atom. The van der Waals surface area contributed by atoms with Gasteiger partial charge in [-0.2, -0.15) is 0 Å². The van der Waals surface area contributed by atoms with E-state index >= 15 is 0 Å². The second-order valence-electron chi connectivity index (χ2n) is 4.88. The van der Waals surface area contributed by atoms with Crippen molar-refractivity contribution in [1.29, 1.82) is 0 Å². The van der Waals surface area contributed by atoms with Crippen molar-refractivity contribution in [1.82, 2.24) is 9.97 Å². The number of nitrogens with zero attached hydrogens (tertiary/aromatic N) is 2. The number of nitrogen functional groups attached to an aromatic ring is 1. The topological polar surface area (TPSA) is 73.1 Å². The van der Waals surface area contributed by atoms with E-state index in [1.54, 1.807) is 7.11 Å². The lowest BCUT2D eigenvalue weighted by molar-refractivity contribution is 0.414. The van der Waals surface area contributed by atoms with E-state index in [1.807, 2.05) is 26.0 Å². The maximum absolute atomic E-state index is 5.91. The standard InChI is InChI=1S/C16H22N4O/c1-4-14-19-15(17)11(2)16(20-14)18-10-9-12-5-7-13(21-3)8-6-12/h5-8H,4,9-10H2,1-3H3,(H3,17,18,19,20). The minimum Gasteiger partial charge on any atom is -0.497 e. The van der Waals surface area contributed by atoms with Gasteiger partial charge in [-0.3, -0.25) is 0 Å². The summed E-state index contributed by atoms with van der Waals surface area (Å²) in [7, 11) is 1.67. The van der Waals surface area contributed by atoms with Crippen molar-refractivity contribution in [3.05, 3.63) is 41.2 Å². The van der Waals surface area contributed by atoms with Gasteiger partial charge in [-0.25, -0.2) is 9.97 Å². The van der Waals surface area contributed by atoms with Crippen LogP contribution in [0.5, 0.6) is 5.75 Å². The highest BCUT2D eigenvalue weighted by Gasteiger charge is 2.07. The molecule has 0 saturated carbocycles. The predicted octanol–water partition coefficient (Wildman–Crippen LogP) is 2.59. The number of benzene rings is 1. The Morgan fingerprint density at radius 3 is 2.52 bits per heavy atom. The third kappa shape index (κ3) is 3.84. The molecule has 0 aliphatic carbocycles. The van der Waals surface area contributed by atoms with Crippen LogP contribution < -0.4 is 15.8 Å². The van der Waals surface area contributed by atoms with Gasteiger partial charge >= 0.3 is 0 Å². The number of ether oxygens (including phenoxy) is 1. The fourth-order valence-corrected chi connectivity index (χ4v) is 2.03. The number of hydrogen-bond acceptors (Lipinski definition) is 5. The van der Waals surface area contributed by atoms with Crippen LogP contribution in [0.25, 0.3) is 0 Å². The van der Waals surface area contributed by atoms with Gasteiger partial charge in [0, 0.05) is 18.5 Å². The van der Waals surface area contributed by atoms with Crippen LogP contribution in [-0.4, -0.2) is 23.6 Å². The largest absolute Gasteiger partial charge is 0.497 e. The molecule has 0 bridgehead atoms. The van der Waals surface area contributed by atoms with Crippen LogP contribution in [0.4, 0.5) is 11.6 Å². The number of aryl methyl sites for hydroxylation is 1. The van der Waals surface area contributed by atoms with Crippen molar-refractivity contribution in [3.8, 4) is 5.75 Å². The SMILES string of the molecule is CCc1nc(N)c(C)c(NCCc2ccc(OC)cc2)n1. The molecule has 21 heavy (non-hydrogen) atoms. The van der Waals surface area contributed by atoms with Crippen LogP contribution in [0.1, 0.15) is 23.9 Å². The molecule has 3 N–H and O–H groups in total. The van der Waals surface area contributed by atoms with Crippen molar-refractivity contribution in [2.75, 3.05) is 24.7 Å². The number of aromatic nitrogens is 2.